The summed E-state index contributed by atoms with van der Waals surface area (Å²) in [6, 6.07) is 8.97. The molecule has 2 N–H and O–H groups in total. The Bertz CT molecular complexity index is 960. The van der Waals surface area contributed by atoms with Crippen molar-refractivity contribution < 1.29 is 19.2 Å². The number of methoxy groups -OCH3 is 1. The number of nitro groups is 1. The topological polar surface area (TPSA) is 114 Å². The summed E-state index contributed by atoms with van der Waals surface area (Å²) in [7, 11) is 3.03. The van der Waals surface area contributed by atoms with Crippen LogP contribution in [0.5, 0.6) is 5.75 Å². The summed E-state index contributed by atoms with van der Waals surface area (Å²) in [5, 5.41) is 16.4. The second kappa shape index (κ2) is 9.84. The summed E-state index contributed by atoms with van der Waals surface area (Å²) in [5.41, 5.74) is 2.97. The first-order valence-electron chi connectivity index (χ1n) is 9.33. The molecule has 0 spiro atoms. The molecule has 0 heterocycles. The third-order valence-electron chi connectivity index (χ3n) is 4.97. The van der Waals surface area contributed by atoms with Crippen molar-refractivity contribution in [3.63, 3.8) is 0 Å². The lowest BCUT2D eigenvalue weighted by Crippen LogP contribution is -2.43. The van der Waals surface area contributed by atoms with Crippen LogP contribution in [0.1, 0.15) is 18.1 Å². The lowest BCUT2D eigenvalue weighted by molar-refractivity contribution is -0.384. The van der Waals surface area contributed by atoms with E-state index in [0.717, 1.165) is 16.8 Å². The van der Waals surface area contributed by atoms with Gasteiger partial charge in [-0.25, -0.2) is 0 Å². The van der Waals surface area contributed by atoms with Gasteiger partial charge in [-0.3, -0.25) is 24.6 Å². The summed E-state index contributed by atoms with van der Waals surface area (Å²) in [4.78, 5) is 37.0. The maximum Gasteiger partial charge on any atom is 0.273 e. The predicted molar refractivity (Wildman–Crippen MR) is 115 cm³/mol. The summed E-state index contributed by atoms with van der Waals surface area (Å²) in [5.74, 6) is -0.428. The van der Waals surface area contributed by atoms with E-state index in [1.165, 1.54) is 25.3 Å². The smallest absolute Gasteiger partial charge is 0.273 e. The fourth-order valence-corrected chi connectivity index (χ4v) is 2.77. The van der Waals surface area contributed by atoms with Crippen molar-refractivity contribution in [2.75, 3.05) is 31.3 Å². The van der Waals surface area contributed by atoms with Crippen LogP contribution in [0.2, 0.25) is 0 Å². The number of rotatable bonds is 8. The number of non-ortho nitro benzene ring substituents is 1. The maximum absolute atomic E-state index is 12.6. The van der Waals surface area contributed by atoms with E-state index < -0.39 is 11.0 Å². The number of ether oxygens (including phenoxy) is 1. The number of benzene rings is 2. The molecule has 30 heavy (non-hydrogen) atoms. The van der Waals surface area contributed by atoms with E-state index in [9.17, 15) is 19.7 Å². The molecular formula is C21H26N4O5. The van der Waals surface area contributed by atoms with E-state index >= 15 is 0 Å². The lowest BCUT2D eigenvalue weighted by atomic mass is 10.1. The third-order valence-corrected chi connectivity index (χ3v) is 4.97. The lowest BCUT2D eigenvalue weighted by Gasteiger charge is -2.24. The normalized spacial score (nSPS) is 11.7. The van der Waals surface area contributed by atoms with E-state index in [1.807, 2.05) is 32.0 Å². The van der Waals surface area contributed by atoms with E-state index in [4.69, 9.17) is 4.74 Å². The number of hydrogen-bond donors (Lipinski definition) is 2. The number of carbonyl (C=O) groups is 2. The Morgan fingerprint density at radius 3 is 2.50 bits per heavy atom. The molecule has 2 rings (SSSR count). The van der Waals surface area contributed by atoms with Crippen LogP contribution in [0.3, 0.4) is 0 Å². The first kappa shape index (κ1) is 22.8. The Hall–Kier alpha value is -3.46. The number of carbonyl (C=O) groups excluding carboxylic acids is 2. The molecule has 0 radical (unpaired) electrons. The van der Waals surface area contributed by atoms with Gasteiger partial charge in [-0.2, -0.15) is 0 Å². The number of likely N-dealkylation sites (N-methyl/N-ethyl adjacent to an activating group) is 1. The predicted octanol–water partition coefficient (Wildman–Crippen LogP) is 3.12. The van der Waals surface area contributed by atoms with Crippen LogP contribution in [0.15, 0.2) is 36.4 Å². The second-order valence-corrected chi connectivity index (χ2v) is 7.02. The number of nitrogens with zero attached hydrogens (tertiary/aromatic N) is 2. The van der Waals surface area contributed by atoms with E-state index in [-0.39, 0.29) is 29.8 Å². The minimum atomic E-state index is -0.630. The van der Waals surface area contributed by atoms with Gasteiger partial charge in [-0.1, -0.05) is 12.1 Å². The molecular weight excluding hydrogens is 388 g/mol. The van der Waals surface area contributed by atoms with Crippen molar-refractivity contribution in [3.05, 3.63) is 57.6 Å². The van der Waals surface area contributed by atoms with Gasteiger partial charge in [0.2, 0.25) is 11.8 Å². The van der Waals surface area contributed by atoms with Crippen LogP contribution in [-0.2, 0) is 9.59 Å². The first-order chi connectivity index (χ1) is 14.1. The molecule has 0 aliphatic rings. The highest BCUT2D eigenvalue weighted by Crippen LogP contribution is 2.29. The highest BCUT2D eigenvalue weighted by molar-refractivity contribution is 5.97. The zero-order chi connectivity index (χ0) is 22.4. The molecule has 0 fully saturated rings. The molecule has 0 saturated heterocycles. The molecule has 1 atom stereocenters. The van der Waals surface area contributed by atoms with E-state index in [0.29, 0.717) is 5.69 Å². The fourth-order valence-electron chi connectivity index (χ4n) is 2.77. The molecule has 0 bridgehead atoms. The molecule has 0 saturated carbocycles. The molecule has 9 heteroatoms. The van der Waals surface area contributed by atoms with Gasteiger partial charge in [0.05, 0.1) is 36.4 Å². The molecule has 2 aromatic carbocycles. The monoisotopic (exact) mass is 414 g/mol. The Morgan fingerprint density at radius 2 is 1.87 bits per heavy atom. The van der Waals surface area contributed by atoms with Crippen molar-refractivity contribution in [3.8, 4) is 5.75 Å². The van der Waals surface area contributed by atoms with Crippen LogP contribution in [0, 0.1) is 24.0 Å². The van der Waals surface area contributed by atoms with Crippen molar-refractivity contribution in [2.24, 2.45) is 0 Å². The molecule has 160 valence electrons. The largest absolute Gasteiger partial charge is 0.494 e. The van der Waals surface area contributed by atoms with Gasteiger partial charge >= 0.3 is 0 Å². The van der Waals surface area contributed by atoms with Gasteiger partial charge in [0.25, 0.3) is 5.69 Å². The van der Waals surface area contributed by atoms with Gasteiger partial charge in [-0.15, -0.1) is 0 Å². The van der Waals surface area contributed by atoms with Gasteiger partial charge < -0.3 is 15.4 Å². The second-order valence-electron chi connectivity index (χ2n) is 7.02. The quantitative estimate of drug-likeness (QED) is 0.507. The van der Waals surface area contributed by atoms with Gasteiger partial charge in [0, 0.05) is 11.8 Å². The van der Waals surface area contributed by atoms with E-state index in [2.05, 4.69) is 10.6 Å². The van der Waals surface area contributed by atoms with Gasteiger partial charge in [0.1, 0.15) is 5.75 Å². The number of amides is 2. The summed E-state index contributed by atoms with van der Waals surface area (Å²) >= 11 is 0. The number of aryl methyl sites for hydroxylation is 1. The fraction of sp³-hybridized carbons (Fsp3) is 0.333. The Balaban J connectivity index is 2.01. The third kappa shape index (κ3) is 5.54. The number of hydrogen-bond acceptors (Lipinski definition) is 6. The van der Waals surface area contributed by atoms with Crippen LogP contribution in [0.4, 0.5) is 17.1 Å². The number of nitro benzene ring substituents is 1. The average Bonchev–Trinajstić information content (AvgIpc) is 2.70. The summed E-state index contributed by atoms with van der Waals surface area (Å²) in [6.07, 6.45) is 0. The Morgan fingerprint density at radius 1 is 1.17 bits per heavy atom. The SMILES string of the molecule is COc1cc([N+](=O)[O-])ccc1NC(=O)[C@H](C)N(C)CC(=O)Nc1cccc(C)c1C. The summed E-state index contributed by atoms with van der Waals surface area (Å²) in [6.45, 7) is 5.58. The zero-order valence-corrected chi connectivity index (χ0v) is 17.7. The molecule has 2 amide bonds. The highest BCUT2D eigenvalue weighted by atomic mass is 16.6. The van der Waals surface area contributed by atoms with Crippen LogP contribution in [0.25, 0.3) is 0 Å². The van der Waals surface area contributed by atoms with Crippen LogP contribution < -0.4 is 15.4 Å². The molecule has 9 nitrogen and oxygen atoms in total. The maximum atomic E-state index is 12.6. The van der Waals surface area contributed by atoms with E-state index in [1.54, 1.807) is 18.9 Å². The number of anilines is 2. The molecule has 0 aliphatic carbocycles. The average molecular weight is 414 g/mol. The molecule has 2 aromatic rings. The van der Waals surface area contributed by atoms with Gasteiger partial charge in [0.15, 0.2) is 0 Å². The summed E-state index contributed by atoms with van der Waals surface area (Å²) < 4.78 is 5.13. The van der Waals surface area contributed by atoms with Crippen molar-refractivity contribution in [1.29, 1.82) is 0 Å². The molecule has 0 aromatic heterocycles. The molecule has 0 aliphatic heterocycles. The van der Waals surface area contributed by atoms with Crippen LogP contribution >= 0.6 is 0 Å². The minimum absolute atomic E-state index is 0.0133. The Labute approximate surface area is 175 Å². The molecule has 0 unspecified atom stereocenters. The van der Waals surface area contributed by atoms with Gasteiger partial charge in [-0.05, 0) is 51.1 Å². The Kier molecular flexibility index (Phi) is 7.48. The first-order valence-corrected chi connectivity index (χ1v) is 9.33. The van der Waals surface area contributed by atoms with Crippen molar-refractivity contribution in [1.82, 2.24) is 4.90 Å². The highest BCUT2D eigenvalue weighted by Gasteiger charge is 2.22. The number of nitrogens with one attached hydrogen (secondary N) is 2. The van der Waals surface area contributed by atoms with Crippen LogP contribution in [-0.4, -0.2) is 48.4 Å². The zero-order valence-electron chi connectivity index (χ0n) is 17.7. The van der Waals surface area contributed by atoms with Crippen molar-refractivity contribution in [2.45, 2.75) is 26.8 Å². The standard InChI is InChI=1S/C21H26N4O5/c1-13-7-6-8-17(14(13)2)22-20(26)12-24(4)15(3)21(27)23-18-10-9-16(25(28)29)11-19(18)30-5/h6-11,15H,12H2,1-5H3,(H,22,26)(H,23,27)/t15-/m0/s1. The minimum Gasteiger partial charge on any atom is -0.494 e. The van der Waals surface area contributed by atoms with Crippen molar-refractivity contribution >= 4 is 28.9 Å².